The second kappa shape index (κ2) is 6.28. The zero-order valence-corrected chi connectivity index (χ0v) is 10.9. The quantitative estimate of drug-likeness (QED) is 0.839. The number of carbonyl (C=O) groups is 1. The summed E-state index contributed by atoms with van der Waals surface area (Å²) in [4.78, 5) is 15.4. The van der Waals surface area contributed by atoms with Crippen molar-refractivity contribution in [2.24, 2.45) is 0 Å². The molecule has 0 fully saturated rings. The number of thiophene rings is 1. The molecule has 94 valence electrons. The van der Waals surface area contributed by atoms with Crippen molar-refractivity contribution in [3.05, 3.63) is 52.0 Å². The molecular weight excluding hydrogens is 248 g/mol. The lowest BCUT2D eigenvalue weighted by atomic mass is 10.2. The third kappa shape index (κ3) is 3.38. The van der Waals surface area contributed by atoms with Gasteiger partial charge in [0.25, 0.3) is 0 Å². The molecule has 2 rings (SSSR count). The maximum atomic E-state index is 11.2. The van der Waals surface area contributed by atoms with E-state index in [4.69, 9.17) is 0 Å². The van der Waals surface area contributed by atoms with Gasteiger partial charge in [0, 0.05) is 19.3 Å². The van der Waals surface area contributed by atoms with Gasteiger partial charge >= 0.3 is 5.97 Å². The summed E-state index contributed by atoms with van der Waals surface area (Å²) in [6.07, 6.45) is 1.54. The molecule has 0 aliphatic rings. The molecule has 0 atom stereocenters. The van der Waals surface area contributed by atoms with Gasteiger partial charge in [-0.15, -0.1) is 0 Å². The molecule has 4 nitrogen and oxygen atoms in total. The lowest BCUT2D eigenvalue weighted by Gasteiger charge is -2.04. The van der Waals surface area contributed by atoms with Crippen LogP contribution in [0.5, 0.6) is 0 Å². The van der Waals surface area contributed by atoms with Crippen LogP contribution < -0.4 is 5.32 Å². The molecule has 0 saturated heterocycles. The molecule has 2 aromatic heterocycles. The first-order chi connectivity index (χ1) is 8.79. The first-order valence-corrected chi connectivity index (χ1v) is 6.49. The Morgan fingerprint density at radius 2 is 2.28 bits per heavy atom. The lowest BCUT2D eigenvalue weighted by molar-refractivity contribution is 0.0600. The highest BCUT2D eigenvalue weighted by Gasteiger charge is 2.05. The molecule has 0 aliphatic carbocycles. The molecule has 0 radical (unpaired) electrons. The highest BCUT2D eigenvalue weighted by atomic mass is 32.1. The molecule has 0 saturated carbocycles. The van der Waals surface area contributed by atoms with E-state index in [0.717, 1.165) is 12.2 Å². The van der Waals surface area contributed by atoms with E-state index in [1.165, 1.54) is 18.9 Å². The van der Waals surface area contributed by atoms with E-state index >= 15 is 0 Å². The highest BCUT2D eigenvalue weighted by Crippen LogP contribution is 2.06. The number of rotatable bonds is 5. The average molecular weight is 262 g/mol. The number of ether oxygens (including phenoxy) is 1. The Morgan fingerprint density at radius 1 is 1.39 bits per heavy atom. The van der Waals surface area contributed by atoms with E-state index in [2.05, 4.69) is 31.9 Å². The van der Waals surface area contributed by atoms with E-state index in [1.54, 1.807) is 17.4 Å². The third-order valence-electron chi connectivity index (χ3n) is 2.46. The predicted octanol–water partition coefficient (Wildman–Crippen LogP) is 2.22. The van der Waals surface area contributed by atoms with Crippen LogP contribution in [0.25, 0.3) is 0 Å². The van der Waals surface area contributed by atoms with Gasteiger partial charge in [0.1, 0.15) is 0 Å². The van der Waals surface area contributed by atoms with Gasteiger partial charge in [-0.25, -0.2) is 4.79 Å². The number of hydrogen-bond donors (Lipinski definition) is 1. The average Bonchev–Trinajstić information content (AvgIpc) is 2.92. The number of aromatic nitrogens is 1. The predicted molar refractivity (Wildman–Crippen MR) is 70.4 cm³/mol. The molecular formula is C13H14N2O2S. The molecule has 0 bridgehead atoms. The van der Waals surface area contributed by atoms with Crippen LogP contribution in [0.2, 0.25) is 0 Å². The monoisotopic (exact) mass is 262 g/mol. The number of carbonyl (C=O) groups excluding carboxylic acids is 1. The Hall–Kier alpha value is -1.72. The zero-order valence-electron chi connectivity index (χ0n) is 10.1. The number of hydrogen-bond acceptors (Lipinski definition) is 5. The maximum absolute atomic E-state index is 11.2. The van der Waals surface area contributed by atoms with Gasteiger partial charge in [-0.3, -0.25) is 4.98 Å². The molecule has 0 spiro atoms. The molecule has 0 amide bonds. The summed E-state index contributed by atoms with van der Waals surface area (Å²) < 4.78 is 4.61. The van der Waals surface area contributed by atoms with Crippen molar-refractivity contribution < 1.29 is 9.53 Å². The van der Waals surface area contributed by atoms with E-state index in [0.29, 0.717) is 12.1 Å². The molecule has 2 aromatic rings. The van der Waals surface area contributed by atoms with Crippen LogP contribution in [-0.4, -0.2) is 18.1 Å². The topological polar surface area (TPSA) is 51.2 Å². The Morgan fingerprint density at radius 3 is 2.89 bits per heavy atom. The first kappa shape index (κ1) is 12.7. The number of nitrogens with one attached hydrogen (secondary N) is 1. The van der Waals surface area contributed by atoms with E-state index < -0.39 is 0 Å². The fourth-order valence-corrected chi connectivity index (χ4v) is 2.16. The lowest BCUT2D eigenvalue weighted by Crippen LogP contribution is -2.13. The van der Waals surface area contributed by atoms with Crippen molar-refractivity contribution in [1.82, 2.24) is 10.3 Å². The molecule has 0 unspecified atom stereocenters. The van der Waals surface area contributed by atoms with Crippen LogP contribution in [0, 0.1) is 0 Å². The Balaban J connectivity index is 1.85. The molecule has 18 heavy (non-hydrogen) atoms. The summed E-state index contributed by atoms with van der Waals surface area (Å²) >= 11 is 1.69. The SMILES string of the molecule is COC(=O)c1ccc(CNCc2ccsc2)nc1. The van der Waals surface area contributed by atoms with Crippen molar-refractivity contribution in [1.29, 1.82) is 0 Å². The summed E-state index contributed by atoms with van der Waals surface area (Å²) in [7, 11) is 1.36. The summed E-state index contributed by atoms with van der Waals surface area (Å²) in [5.74, 6) is -0.361. The van der Waals surface area contributed by atoms with Crippen LogP contribution in [-0.2, 0) is 17.8 Å². The van der Waals surface area contributed by atoms with Crippen LogP contribution in [0.1, 0.15) is 21.6 Å². The number of pyridine rings is 1. The Labute approximate surface area is 110 Å². The van der Waals surface area contributed by atoms with Gasteiger partial charge in [0.05, 0.1) is 18.4 Å². The van der Waals surface area contributed by atoms with E-state index in [1.807, 2.05) is 6.07 Å². The van der Waals surface area contributed by atoms with Gasteiger partial charge in [-0.05, 0) is 34.5 Å². The number of methoxy groups -OCH3 is 1. The first-order valence-electron chi connectivity index (χ1n) is 5.54. The summed E-state index contributed by atoms with van der Waals surface area (Å²) in [5.41, 5.74) is 2.64. The van der Waals surface area contributed by atoms with Gasteiger partial charge in [0.15, 0.2) is 0 Å². The second-order valence-corrected chi connectivity index (χ2v) is 4.54. The van der Waals surface area contributed by atoms with Gasteiger partial charge < -0.3 is 10.1 Å². The maximum Gasteiger partial charge on any atom is 0.339 e. The van der Waals surface area contributed by atoms with Crippen molar-refractivity contribution in [3.8, 4) is 0 Å². The van der Waals surface area contributed by atoms with E-state index in [9.17, 15) is 4.79 Å². The molecule has 0 aliphatic heterocycles. The minimum absolute atomic E-state index is 0.361. The largest absolute Gasteiger partial charge is 0.465 e. The van der Waals surface area contributed by atoms with Crippen LogP contribution >= 0.6 is 11.3 Å². The van der Waals surface area contributed by atoms with Gasteiger partial charge in [-0.1, -0.05) is 0 Å². The fraction of sp³-hybridized carbons (Fsp3) is 0.231. The van der Waals surface area contributed by atoms with E-state index in [-0.39, 0.29) is 5.97 Å². The van der Waals surface area contributed by atoms with Crippen LogP contribution in [0.3, 0.4) is 0 Å². The number of esters is 1. The Bertz CT molecular complexity index is 494. The fourth-order valence-electron chi connectivity index (χ4n) is 1.50. The van der Waals surface area contributed by atoms with Crippen molar-refractivity contribution in [2.45, 2.75) is 13.1 Å². The van der Waals surface area contributed by atoms with Gasteiger partial charge in [0.2, 0.25) is 0 Å². The zero-order chi connectivity index (χ0) is 12.8. The Kier molecular flexibility index (Phi) is 4.44. The van der Waals surface area contributed by atoms with Crippen molar-refractivity contribution in [3.63, 3.8) is 0 Å². The minimum Gasteiger partial charge on any atom is -0.465 e. The smallest absolute Gasteiger partial charge is 0.339 e. The standard InChI is InChI=1S/C13H14N2O2S/c1-17-13(16)11-2-3-12(15-7-11)8-14-6-10-4-5-18-9-10/h2-5,7,9,14H,6,8H2,1H3. The summed E-state index contributed by atoms with van der Waals surface area (Å²) in [5, 5.41) is 7.46. The normalized spacial score (nSPS) is 10.3. The minimum atomic E-state index is -0.361. The van der Waals surface area contributed by atoms with Crippen molar-refractivity contribution >= 4 is 17.3 Å². The van der Waals surface area contributed by atoms with Crippen LogP contribution in [0.4, 0.5) is 0 Å². The molecule has 2 heterocycles. The van der Waals surface area contributed by atoms with Gasteiger partial charge in [-0.2, -0.15) is 11.3 Å². The number of nitrogens with zero attached hydrogens (tertiary/aromatic N) is 1. The molecule has 1 N–H and O–H groups in total. The molecule has 0 aromatic carbocycles. The second-order valence-electron chi connectivity index (χ2n) is 3.76. The van der Waals surface area contributed by atoms with Crippen LogP contribution in [0.15, 0.2) is 35.2 Å². The third-order valence-corrected chi connectivity index (χ3v) is 3.19. The highest BCUT2D eigenvalue weighted by molar-refractivity contribution is 7.07. The molecule has 5 heteroatoms. The van der Waals surface area contributed by atoms with Crippen molar-refractivity contribution in [2.75, 3.05) is 7.11 Å². The summed E-state index contributed by atoms with van der Waals surface area (Å²) in [6, 6.07) is 5.64. The summed E-state index contributed by atoms with van der Waals surface area (Å²) in [6.45, 7) is 1.50.